The van der Waals surface area contributed by atoms with Gasteiger partial charge >= 0.3 is 0 Å². The summed E-state index contributed by atoms with van der Waals surface area (Å²) in [5, 5.41) is 0. The van der Waals surface area contributed by atoms with Gasteiger partial charge in [0.15, 0.2) is 0 Å². The van der Waals surface area contributed by atoms with E-state index in [0.29, 0.717) is 11.8 Å². The molecule has 3 nitrogen and oxygen atoms in total. The molecule has 1 unspecified atom stereocenters. The molecule has 1 aliphatic rings. The van der Waals surface area contributed by atoms with Crippen LogP contribution in [0.5, 0.6) is 0 Å². The van der Waals surface area contributed by atoms with Crippen LogP contribution in [0.2, 0.25) is 0 Å². The highest BCUT2D eigenvalue weighted by Gasteiger charge is 2.36. The molecule has 0 saturated carbocycles. The van der Waals surface area contributed by atoms with Crippen molar-refractivity contribution in [2.24, 2.45) is 5.92 Å². The molecule has 0 N–H and O–H groups in total. The third-order valence-electron chi connectivity index (χ3n) is 3.41. The number of carbonyl (C=O) groups is 1. The molecular weight excluding hydrogens is 244 g/mol. The Morgan fingerprint density at radius 1 is 1.44 bits per heavy atom. The van der Waals surface area contributed by atoms with Gasteiger partial charge in [-0.15, -0.1) is 0 Å². The van der Waals surface area contributed by atoms with Crippen molar-refractivity contribution in [1.82, 2.24) is 9.80 Å². The lowest BCUT2D eigenvalue weighted by molar-refractivity contribution is -0.131. The van der Waals surface area contributed by atoms with Gasteiger partial charge in [0.05, 0.1) is 0 Å². The van der Waals surface area contributed by atoms with Crippen molar-refractivity contribution >= 4 is 17.7 Å². The highest BCUT2D eigenvalue weighted by Crippen LogP contribution is 2.26. The van der Waals surface area contributed by atoms with Crippen LogP contribution in [0.25, 0.3) is 0 Å². The van der Waals surface area contributed by atoms with Gasteiger partial charge in [-0.2, -0.15) is 11.8 Å². The fraction of sp³-hybridized carbons (Fsp3) is 0.929. The van der Waals surface area contributed by atoms with Gasteiger partial charge < -0.3 is 9.80 Å². The van der Waals surface area contributed by atoms with Gasteiger partial charge in [0.2, 0.25) is 5.91 Å². The molecule has 1 fully saturated rings. The number of rotatable bonds is 6. The smallest absolute Gasteiger partial charge is 0.223 e. The average molecular weight is 272 g/mol. The second kappa shape index (κ2) is 6.80. The van der Waals surface area contributed by atoms with Crippen molar-refractivity contribution in [3.8, 4) is 0 Å². The second-order valence-corrected chi connectivity index (χ2v) is 7.60. The lowest BCUT2D eigenvalue weighted by Gasteiger charge is -2.32. The van der Waals surface area contributed by atoms with Gasteiger partial charge in [-0.25, -0.2) is 0 Å². The Morgan fingerprint density at radius 2 is 2.11 bits per heavy atom. The number of hydrogen-bond donors (Lipinski definition) is 0. The quantitative estimate of drug-likeness (QED) is 0.693. The van der Waals surface area contributed by atoms with E-state index in [9.17, 15) is 4.79 Å². The molecule has 0 bridgehead atoms. The third kappa shape index (κ3) is 4.81. The molecule has 4 heteroatoms. The van der Waals surface area contributed by atoms with Gasteiger partial charge in [0.25, 0.3) is 0 Å². The first-order valence-electron chi connectivity index (χ1n) is 6.91. The summed E-state index contributed by atoms with van der Waals surface area (Å²) in [6.07, 6.45) is 0.725. The molecule has 1 saturated heterocycles. The van der Waals surface area contributed by atoms with Crippen molar-refractivity contribution in [2.45, 2.75) is 39.7 Å². The van der Waals surface area contributed by atoms with Crippen LogP contribution < -0.4 is 0 Å². The summed E-state index contributed by atoms with van der Waals surface area (Å²) in [5.41, 5.74) is -0.0253. The van der Waals surface area contributed by atoms with E-state index >= 15 is 0 Å². The van der Waals surface area contributed by atoms with Crippen molar-refractivity contribution < 1.29 is 4.79 Å². The largest absolute Gasteiger partial charge is 0.338 e. The molecule has 1 aliphatic heterocycles. The van der Waals surface area contributed by atoms with Gasteiger partial charge in [-0.3, -0.25) is 4.79 Å². The fourth-order valence-electron chi connectivity index (χ4n) is 2.45. The van der Waals surface area contributed by atoms with Crippen molar-refractivity contribution in [3.63, 3.8) is 0 Å². The van der Waals surface area contributed by atoms with E-state index in [-0.39, 0.29) is 5.54 Å². The molecule has 18 heavy (non-hydrogen) atoms. The molecule has 0 aromatic heterocycles. The van der Waals surface area contributed by atoms with Crippen molar-refractivity contribution in [1.29, 1.82) is 0 Å². The van der Waals surface area contributed by atoms with E-state index in [4.69, 9.17) is 0 Å². The fourth-order valence-corrected chi connectivity index (χ4v) is 3.18. The van der Waals surface area contributed by atoms with Crippen LogP contribution >= 0.6 is 11.8 Å². The molecule has 0 spiro atoms. The lowest BCUT2D eigenvalue weighted by Crippen LogP contribution is -2.42. The van der Waals surface area contributed by atoms with E-state index in [1.54, 1.807) is 0 Å². The topological polar surface area (TPSA) is 23.6 Å². The van der Waals surface area contributed by atoms with E-state index in [1.807, 2.05) is 16.7 Å². The Bertz CT molecular complexity index is 275. The first-order chi connectivity index (χ1) is 8.34. The number of likely N-dealkylation sites (tertiary alicyclic amines) is 1. The molecule has 0 radical (unpaired) electrons. The maximum atomic E-state index is 12.0. The van der Waals surface area contributed by atoms with Gasteiger partial charge in [-0.05, 0) is 39.5 Å². The molecule has 1 amide bonds. The number of nitrogens with zero attached hydrogens (tertiary/aromatic N) is 2. The van der Waals surface area contributed by atoms with E-state index in [1.165, 1.54) is 11.5 Å². The van der Waals surface area contributed by atoms with Crippen LogP contribution in [-0.2, 0) is 4.79 Å². The molecule has 0 aliphatic carbocycles. The van der Waals surface area contributed by atoms with Crippen LogP contribution in [-0.4, -0.2) is 59.4 Å². The van der Waals surface area contributed by atoms with Crippen LogP contribution in [0, 0.1) is 5.92 Å². The SMILES string of the molecule is CCSCCN(C)CC1CC(=O)N(C(C)(C)C)C1. The van der Waals surface area contributed by atoms with Crippen molar-refractivity contribution in [2.75, 3.05) is 38.2 Å². The summed E-state index contributed by atoms with van der Waals surface area (Å²) in [4.78, 5) is 16.4. The second-order valence-electron chi connectivity index (χ2n) is 6.20. The zero-order valence-corrected chi connectivity index (χ0v) is 13.3. The minimum Gasteiger partial charge on any atom is -0.338 e. The standard InChI is InChI=1S/C14H28N2OS/c1-6-18-8-7-15(5)10-12-9-13(17)16(11-12)14(2,3)4/h12H,6-11H2,1-5H3. The maximum Gasteiger partial charge on any atom is 0.223 e. The lowest BCUT2D eigenvalue weighted by atomic mass is 10.1. The van der Waals surface area contributed by atoms with Crippen LogP contribution in [0.3, 0.4) is 0 Å². The summed E-state index contributed by atoms with van der Waals surface area (Å²) < 4.78 is 0. The van der Waals surface area contributed by atoms with Crippen molar-refractivity contribution in [3.05, 3.63) is 0 Å². The zero-order chi connectivity index (χ0) is 13.8. The monoisotopic (exact) mass is 272 g/mol. The normalized spacial score (nSPS) is 21.1. The average Bonchev–Trinajstić information content (AvgIpc) is 2.59. The molecule has 1 heterocycles. The van der Waals surface area contributed by atoms with Crippen LogP contribution in [0.1, 0.15) is 34.1 Å². The van der Waals surface area contributed by atoms with Gasteiger partial charge in [0, 0.05) is 37.3 Å². The molecule has 1 atom stereocenters. The zero-order valence-electron chi connectivity index (χ0n) is 12.5. The molecule has 1 rings (SSSR count). The van der Waals surface area contributed by atoms with Gasteiger partial charge in [0.1, 0.15) is 0 Å². The Balaban J connectivity index is 2.35. The predicted octanol–water partition coefficient (Wildman–Crippen LogP) is 2.32. The number of thioether (sulfide) groups is 1. The van der Waals surface area contributed by atoms with Crippen LogP contribution in [0.4, 0.5) is 0 Å². The minimum absolute atomic E-state index is 0.0253. The minimum atomic E-state index is -0.0253. The van der Waals surface area contributed by atoms with Gasteiger partial charge in [-0.1, -0.05) is 6.92 Å². The Kier molecular flexibility index (Phi) is 5.99. The Morgan fingerprint density at radius 3 is 2.61 bits per heavy atom. The van der Waals surface area contributed by atoms with Crippen LogP contribution in [0.15, 0.2) is 0 Å². The van der Waals surface area contributed by atoms with E-state index < -0.39 is 0 Å². The summed E-state index contributed by atoms with van der Waals surface area (Å²) in [5.74, 6) is 3.21. The maximum absolute atomic E-state index is 12.0. The Labute approximate surface area is 116 Å². The molecule has 0 aromatic rings. The molecule has 0 aromatic carbocycles. The summed E-state index contributed by atoms with van der Waals surface area (Å²) in [6, 6.07) is 0. The Hall–Kier alpha value is -0.220. The highest BCUT2D eigenvalue weighted by atomic mass is 32.2. The molecule has 106 valence electrons. The number of carbonyl (C=O) groups excluding carboxylic acids is 1. The first kappa shape index (κ1) is 15.8. The summed E-state index contributed by atoms with van der Waals surface area (Å²) in [6.45, 7) is 11.6. The highest BCUT2D eigenvalue weighted by molar-refractivity contribution is 7.99. The van der Waals surface area contributed by atoms with E-state index in [2.05, 4.69) is 39.6 Å². The number of amides is 1. The summed E-state index contributed by atoms with van der Waals surface area (Å²) >= 11 is 1.98. The number of hydrogen-bond acceptors (Lipinski definition) is 3. The molecular formula is C14H28N2OS. The third-order valence-corrected chi connectivity index (χ3v) is 4.29. The summed E-state index contributed by atoms with van der Waals surface area (Å²) in [7, 11) is 2.17. The predicted molar refractivity (Wildman–Crippen MR) is 80.1 cm³/mol. The first-order valence-corrected chi connectivity index (χ1v) is 8.06. The van der Waals surface area contributed by atoms with E-state index in [0.717, 1.165) is 26.1 Å².